The van der Waals surface area contributed by atoms with Crippen molar-refractivity contribution >= 4 is 21.2 Å². The van der Waals surface area contributed by atoms with E-state index in [4.69, 9.17) is 0 Å². The average molecular weight is 288 g/mol. The van der Waals surface area contributed by atoms with E-state index in [1.807, 2.05) is 0 Å². The molecule has 0 saturated carbocycles. The zero-order valence-electron chi connectivity index (χ0n) is 5.73. The summed E-state index contributed by atoms with van der Waals surface area (Å²) in [5.74, 6) is 0. The van der Waals surface area contributed by atoms with Crippen LogP contribution >= 0.6 is 21.2 Å². The van der Waals surface area contributed by atoms with Gasteiger partial charge < -0.3 is 0 Å². The lowest BCUT2D eigenvalue weighted by Crippen LogP contribution is -2.03. The van der Waals surface area contributed by atoms with E-state index in [1.54, 1.807) is 0 Å². The molecule has 0 aliphatic carbocycles. The highest BCUT2D eigenvalue weighted by molar-refractivity contribution is 14.1. The van der Waals surface area contributed by atoms with Crippen molar-refractivity contribution in [2.45, 2.75) is 6.18 Å². The minimum atomic E-state index is -4.31. The fraction of sp³-hybridized carbons (Fsp3) is 0.143. The summed E-state index contributed by atoms with van der Waals surface area (Å²) in [4.78, 5) is 0. The summed E-state index contributed by atoms with van der Waals surface area (Å²) in [5.41, 5.74) is -0.705. The van der Waals surface area contributed by atoms with Crippen LogP contribution in [-0.4, -0.2) is 0 Å². The standard InChI is InChI=1S/C7H4F3IO/c8-7(9,10)5-1-3-6(11-12)4-2-5/h1-4H. The molecule has 0 aliphatic heterocycles. The predicted molar refractivity (Wildman–Crippen MR) is 44.8 cm³/mol. The summed E-state index contributed by atoms with van der Waals surface area (Å²) in [6, 6.07) is 4.35. The molecule has 0 bridgehead atoms. The second-order valence-electron chi connectivity index (χ2n) is 2.08. The first-order valence-electron chi connectivity index (χ1n) is 2.98. The maximum absolute atomic E-state index is 12.0. The zero-order valence-corrected chi connectivity index (χ0v) is 7.89. The lowest BCUT2D eigenvalue weighted by atomic mass is 10.2. The molecular weight excluding hydrogens is 284 g/mol. The molecular formula is C7H4F3IO. The Morgan fingerprint density at radius 3 is 1.92 bits per heavy atom. The molecule has 0 spiro atoms. The van der Waals surface area contributed by atoms with Crippen molar-refractivity contribution in [3.05, 3.63) is 33.4 Å². The van der Waals surface area contributed by atoms with Crippen molar-refractivity contribution in [3.8, 4) is 0 Å². The summed E-state index contributed by atoms with van der Waals surface area (Å²) in [6.07, 6.45) is -4.31. The van der Waals surface area contributed by atoms with Crippen LogP contribution < -0.4 is 0 Å². The third-order valence-electron chi connectivity index (χ3n) is 1.26. The Hall–Kier alpha value is -0.460. The quantitative estimate of drug-likeness (QED) is 0.725. The summed E-state index contributed by atoms with van der Waals surface area (Å²) < 4.78 is 46.7. The summed E-state index contributed by atoms with van der Waals surface area (Å²) >= 11 is -1.36. The Kier molecular flexibility index (Phi) is 2.81. The van der Waals surface area contributed by atoms with Gasteiger partial charge in [0.15, 0.2) is 21.2 Å². The fourth-order valence-electron chi connectivity index (χ4n) is 0.690. The van der Waals surface area contributed by atoms with Crippen LogP contribution in [-0.2, 0) is 9.25 Å². The van der Waals surface area contributed by atoms with E-state index in [0.717, 1.165) is 12.1 Å². The molecule has 0 N–H and O–H groups in total. The Labute approximate surface area is 77.2 Å². The van der Waals surface area contributed by atoms with Crippen LogP contribution in [0.5, 0.6) is 0 Å². The highest BCUT2D eigenvalue weighted by atomic mass is 127. The van der Waals surface area contributed by atoms with Crippen LogP contribution in [0.1, 0.15) is 5.56 Å². The van der Waals surface area contributed by atoms with Gasteiger partial charge in [-0.15, -0.1) is 0 Å². The minimum absolute atomic E-state index is 0.474. The van der Waals surface area contributed by atoms with Gasteiger partial charge in [0.05, 0.1) is 5.56 Å². The van der Waals surface area contributed by atoms with Crippen molar-refractivity contribution < 1.29 is 16.2 Å². The number of hydrogen-bond donors (Lipinski definition) is 0. The van der Waals surface area contributed by atoms with Gasteiger partial charge in [0, 0.05) is 3.57 Å². The van der Waals surface area contributed by atoms with Crippen molar-refractivity contribution in [2.24, 2.45) is 0 Å². The molecule has 0 amide bonds. The largest absolute Gasteiger partial charge is 0.416 e. The third kappa shape index (κ3) is 2.26. The third-order valence-corrected chi connectivity index (χ3v) is 2.49. The lowest BCUT2D eigenvalue weighted by molar-refractivity contribution is -0.137. The monoisotopic (exact) mass is 288 g/mol. The number of rotatable bonds is 1. The topological polar surface area (TPSA) is 17.1 Å². The van der Waals surface area contributed by atoms with Gasteiger partial charge in [-0.2, -0.15) is 13.2 Å². The van der Waals surface area contributed by atoms with E-state index in [9.17, 15) is 16.2 Å². The van der Waals surface area contributed by atoms with E-state index in [0.29, 0.717) is 3.57 Å². The fourth-order valence-corrected chi connectivity index (χ4v) is 1.34. The Balaban J connectivity index is 3.00. The zero-order chi connectivity index (χ0) is 9.19. The molecule has 0 aliphatic rings. The van der Waals surface area contributed by atoms with Crippen molar-refractivity contribution in [3.63, 3.8) is 0 Å². The van der Waals surface area contributed by atoms with Gasteiger partial charge in [0.2, 0.25) is 0 Å². The van der Waals surface area contributed by atoms with Gasteiger partial charge in [-0.3, -0.25) is 3.07 Å². The number of halogens is 4. The molecule has 0 fully saturated rings. The highest BCUT2D eigenvalue weighted by Crippen LogP contribution is 2.29. The second-order valence-corrected chi connectivity index (χ2v) is 3.77. The second kappa shape index (κ2) is 3.51. The molecule has 5 heteroatoms. The Morgan fingerprint density at radius 2 is 1.58 bits per heavy atom. The van der Waals surface area contributed by atoms with Crippen LogP contribution in [0.25, 0.3) is 0 Å². The maximum atomic E-state index is 12.0. The van der Waals surface area contributed by atoms with Gasteiger partial charge in [0.1, 0.15) is 0 Å². The van der Waals surface area contributed by atoms with Gasteiger partial charge in [0.25, 0.3) is 0 Å². The van der Waals surface area contributed by atoms with Gasteiger partial charge in [-0.1, -0.05) is 0 Å². The molecule has 1 nitrogen and oxygen atoms in total. The normalized spacial score (nSPS) is 11.6. The first-order valence-corrected chi connectivity index (χ1v) is 4.94. The molecule has 0 saturated heterocycles. The lowest BCUT2D eigenvalue weighted by Gasteiger charge is -2.04. The molecule has 66 valence electrons. The molecule has 1 aromatic rings. The van der Waals surface area contributed by atoms with Crippen LogP contribution in [0.4, 0.5) is 13.2 Å². The van der Waals surface area contributed by atoms with Crippen LogP contribution in [0.15, 0.2) is 24.3 Å². The highest BCUT2D eigenvalue weighted by Gasteiger charge is 2.29. The van der Waals surface area contributed by atoms with E-state index in [1.165, 1.54) is 12.1 Å². The number of alkyl halides is 3. The van der Waals surface area contributed by atoms with E-state index in [-0.39, 0.29) is 0 Å². The van der Waals surface area contributed by atoms with Crippen LogP contribution in [0.3, 0.4) is 0 Å². The van der Waals surface area contributed by atoms with Crippen molar-refractivity contribution in [1.29, 1.82) is 0 Å². The van der Waals surface area contributed by atoms with Gasteiger partial charge in [-0.25, -0.2) is 0 Å². The molecule has 0 radical (unpaired) electrons. The Morgan fingerprint density at radius 1 is 1.08 bits per heavy atom. The summed E-state index contributed by atoms with van der Waals surface area (Å²) in [6.45, 7) is 0. The molecule has 0 atom stereocenters. The van der Waals surface area contributed by atoms with E-state index >= 15 is 0 Å². The summed E-state index contributed by atoms with van der Waals surface area (Å²) in [5, 5.41) is 0. The molecule has 12 heavy (non-hydrogen) atoms. The van der Waals surface area contributed by atoms with Crippen LogP contribution in [0, 0.1) is 3.57 Å². The molecule has 1 aromatic carbocycles. The van der Waals surface area contributed by atoms with Crippen molar-refractivity contribution in [1.82, 2.24) is 0 Å². The van der Waals surface area contributed by atoms with Crippen LogP contribution in [0.2, 0.25) is 0 Å². The molecule has 0 aromatic heterocycles. The average Bonchev–Trinajstić information content (AvgIpc) is 2.03. The van der Waals surface area contributed by atoms with Gasteiger partial charge in [-0.05, 0) is 24.3 Å². The predicted octanol–water partition coefficient (Wildman–Crippen LogP) is 3.19. The SMILES string of the molecule is O=Ic1ccc(C(F)(F)F)cc1. The number of hydrogen-bond acceptors (Lipinski definition) is 1. The maximum Gasteiger partial charge on any atom is 0.416 e. The van der Waals surface area contributed by atoms with Crippen molar-refractivity contribution in [2.75, 3.05) is 0 Å². The minimum Gasteiger partial charge on any atom is -0.265 e. The molecule has 0 heterocycles. The smallest absolute Gasteiger partial charge is 0.265 e. The Bertz CT molecular complexity index is 278. The van der Waals surface area contributed by atoms with E-state index < -0.39 is 32.9 Å². The first-order chi connectivity index (χ1) is 5.54. The molecule has 1 rings (SSSR count). The molecule has 0 unspecified atom stereocenters. The van der Waals surface area contributed by atoms with Gasteiger partial charge >= 0.3 is 6.18 Å². The summed E-state index contributed by atoms with van der Waals surface area (Å²) in [7, 11) is 0. The first kappa shape index (κ1) is 9.63. The number of benzene rings is 1. The van der Waals surface area contributed by atoms with E-state index in [2.05, 4.69) is 0 Å².